The number of rotatable bonds is 4. The van der Waals surface area contributed by atoms with E-state index in [4.69, 9.17) is 21.1 Å². The summed E-state index contributed by atoms with van der Waals surface area (Å²) in [4.78, 5) is 40.6. The minimum absolute atomic E-state index is 0.0642. The van der Waals surface area contributed by atoms with Crippen LogP contribution in [0.5, 0.6) is 5.75 Å². The second-order valence-corrected chi connectivity index (χ2v) is 9.84. The average Bonchev–Trinajstić information content (AvgIpc) is 3.40. The van der Waals surface area contributed by atoms with Gasteiger partial charge in [-0.05, 0) is 30.2 Å². The lowest BCUT2D eigenvalue weighted by atomic mass is 10.0. The van der Waals surface area contributed by atoms with Gasteiger partial charge in [-0.15, -0.1) is 5.10 Å². The lowest BCUT2D eigenvalue weighted by molar-refractivity contribution is -0.135. The summed E-state index contributed by atoms with van der Waals surface area (Å²) in [7, 11) is 1.47. The molecule has 4 bridgehead atoms. The molecular weight excluding hydrogens is 536 g/mol. The van der Waals surface area contributed by atoms with Crippen LogP contribution < -0.4 is 15.4 Å². The topological polar surface area (TPSA) is 128 Å². The minimum atomic E-state index is -0.819. The number of amides is 3. The normalized spacial score (nSPS) is 17.4. The van der Waals surface area contributed by atoms with Gasteiger partial charge in [0.05, 0.1) is 24.4 Å². The standard InChI is InChI=1S/C28H33ClN6O5/c1-39-19-26(36)34-12-5-11-30-28(38)24(15-20-7-3-2-4-8-20)31-27(37)21-9-10-25(23(29)16-21)40-14-6-13-35-18-22(17-34)32-33-35/h2-4,7-10,16,18,24H,5-6,11-15,17,19H2,1H3,(H,30,38)(H,31,37)/t24-/m0/s1. The number of methoxy groups -OCH3 is 1. The van der Waals surface area contributed by atoms with Crippen LogP contribution in [0.4, 0.5) is 0 Å². The number of carbonyl (C=O) groups is 3. The average molecular weight is 569 g/mol. The Morgan fingerprint density at radius 1 is 1.15 bits per heavy atom. The van der Waals surface area contributed by atoms with Crippen molar-refractivity contribution in [1.82, 2.24) is 30.5 Å². The van der Waals surface area contributed by atoms with E-state index in [9.17, 15) is 14.4 Å². The third-order valence-corrected chi connectivity index (χ3v) is 6.65. The lowest BCUT2D eigenvalue weighted by Gasteiger charge is -2.22. The van der Waals surface area contributed by atoms with Gasteiger partial charge in [-0.25, -0.2) is 0 Å². The number of aromatic nitrogens is 3. The van der Waals surface area contributed by atoms with Gasteiger partial charge >= 0.3 is 0 Å². The van der Waals surface area contributed by atoms with Crippen LogP contribution >= 0.6 is 11.6 Å². The van der Waals surface area contributed by atoms with E-state index < -0.39 is 11.9 Å². The van der Waals surface area contributed by atoms with Crippen molar-refractivity contribution in [2.45, 2.75) is 38.4 Å². The van der Waals surface area contributed by atoms with Gasteiger partial charge < -0.3 is 25.0 Å². The summed E-state index contributed by atoms with van der Waals surface area (Å²) in [6.07, 6.45) is 3.24. The molecule has 2 aromatic carbocycles. The first-order valence-electron chi connectivity index (χ1n) is 13.1. The maximum Gasteiger partial charge on any atom is 0.251 e. The molecule has 0 saturated heterocycles. The van der Waals surface area contributed by atoms with Crippen molar-refractivity contribution in [2.75, 3.05) is 33.4 Å². The molecule has 1 atom stereocenters. The molecule has 11 nitrogen and oxygen atoms in total. The Morgan fingerprint density at radius 3 is 2.75 bits per heavy atom. The first-order chi connectivity index (χ1) is 19.4. The van der Waals surface area contributed by atoms with Crippen molar-refractivity contribution in [3.63, 3.8) is 0 Å². The zero-order chi connectivity index (χ0) is 28.3. The number of benzene rings is 2. The highest BCUT2D eigenvalue weighted by molar-refractivity contribution is 6.32. The van der Waals surface area contributed by atoms with Crippen LogP contribution in [-0.2, 0) is 33.8 Å². The van der Waals surface area contributed by atoms with E-state index in [2.05, 4.69) is 20.9 Å². The fourth-order valence-electron chi connectivity index (χ4n) is 4.30. The lowest BCUT2D eigenvalue weighted by Crippen LogP contribution is -2.48. The Morgan fingerprint density at radius 2 is 1.98 bits per heavy atom. The fraction of sp³-hybridized carbons (Fsp3) is 0.393. The summed E-state index contributed by atoms with van der Waals surface area (Å²) < 4.78 is 12.5. The zero-order valence-corrected chi connectivity index (χ0v) is 23.1. The Labute approximate surface area is 237 Å². The van der Waals surface area contributed by atoms with Crippen molar-refractivity contribution in [3.8, 4) is 5.75 Å². The summed E-state index contributed by atoms with van der Waals surface area (Å²) in [5, 5.41) is 14.4. The molecule has 0 radical (unpaired) electrons. The molecule has 2 aliphatic rings. The van der Waals surface area contributed by atoms with Crippen LogP contribution in [0.3, 0.4) is 0 Å². The minimum Gasteiger partial charge on any atom is -0.492 e. The van der Waals surface area contributed by atoms with E-state index in [-0.39, 0.29) is 25.0 Å². The number of nitrogens with one attached hydrogen (secondary N) is 2. The van der Waals surface area contributed by atoms with Gasteiger partial charge in [0.25, 0.3) is 5.91 Å². The number of hydrogen-bond acceptors (Lipinski definition) is 7. The molecular formula is C28H33ClN6O5. The van der Waals surface area contributed by atoms with Gasteiger partial charge in [-0.1, -0.05) is 47.1 Å². The molecule has 5 rings (SSSR count). The number of ether oxygens (including phenoxy) is 2. The zero-order valence-electron chi connectivity index (χ0n) is 22.3. The van der Waals surface area contributed by atoms with Crippen molar-refractivity contribution < 1.29 is 23.9 Å². The second-order valence-electron chi connectivity index (χ2n) is 9.43. The van der Waals surface area contributed by atoms with E-state index in [0.29, 0.717) is 67.5 Å². The maximum atomic E-state index is 13.2. The van der Waals surface area contributed by atoms with Crippen LogP contribution in [0.1, 0.15) is 34.5 Å². The highest BCUT2D eigenvalue weighted by atomic mass is 35.5. The van der Waals surface area contributed by atoms with Gasteiger partial charge in [0.15, 0.2) is 0 Å². The molecule has 0 fully saturated rings. The number of hydrogen-bond donors (Lipinski definition) is 2. The predicted octanol–water partition coefficient (Wildman–Crippen LogP) is 2.24. The molecule has 3 aromatic rings. The van der Waals surface area contributed by atoms with Crippen LogP contribution in [0, 0.1) is 0 Å². The Bertz CT molecular complexity index is 1300. The molecule has 3 heterocycles. The van der Waals surface area contributed by atoms with Gasteiger partial charge in [0.1, 0.15) is 24.1 Å². The Hall–Kier alpha value is -3.96. The molecule has 2 N–H and O–H groups in total. The summed E-state index contributed by atoms with van der Waals surface area (Å²) >= 11 is 6.40. The number of carbonyl (C=O) groups excluding carboxylic acids is 3. The Balaban J connectivity index is 1.54. The molecule has 0 spiro atoms. The van der Waals surface area contributed by atoms with Crippen molar-refractivity contribution in [1.29, 1.82) is 0 Å². The Kier molecular flexibility index (Phi) is 10.5. The van der Waals surface area contributed by atoms with Crippen molar-refractivity contribution in [2.24, 2.45) is 0 Å². The molecule has 212 valence electrons. The quantitative estimate of drug-likeness (QED) is 0.494. The summed E-state index contributed by atoms with van der Waals surface area (Å²) in [5.74, 6) is -0.486. The number of nitrogens with zero attached hydrogens (tertiary/aromatic N) is 4. The second kappa shape index (κ2) is 14.4. The molecule has 1 aromatic heterocycles. The highest BCUT2D eigenvalue weighted by Gasteiger charge is 2.23. The predicted molar refractivity (Wildman–Crippen MR) is 148 cm³/mol. The van der Waals surface area contributed by atoms with E-state index in [1.807, 2.05) is 30.3 Å². The molecule has 2 aliphatic heterocycles. The summed E-state index contributed by atoms with van der Waals surface area (Å²) in [6, 6.07) is 13.4. The first kappa shape index (κ1) is 29.0. The van der Waals surface area contributed by atoms with E-state index >= 15 is 0 Å². The number of fused-ring (bicyclic) bond motifs is 14. The number of halogens is 1. The van der Waals surface area contributed by atoms with E-state index in [1.165, 1.54) is 13.2 Å². The van der Waals surface area contributed by atoms with Crippen LogP contribution in [0.25, 0.3) is 0 Å². The molecule has 12 heteroatoms. The van der Waals surface area contributed by atoms with Gasteiger partial charge in [0, 0.05) is 45.1 Å². The van der Waals surface area contributed by atoms with Gasteiger partial charge in [-0.3, -0.25) is 19.1 Å². The smallest absolute Gasteiger partial charge is 0.251 e. The fourth-order valence-corrected chi connectivity index (χ4v) is 4.53. The highest BCUT2D eigenvalue weighted by Crippen LogP contribution is 2.26. The summed E-state index contributed by atoms with van der Waals surface area (Å²) in [6.45, 7) is 1.82. The van der Waals surface area contributed by atoms with Crippen LogP contribution in [0.2, 0.25) is 5.02 Å². The molecule has 0 saturated carbocycles. The molecule has 40 heavy (non-hydrogen) atoms. The maximum absolute atomic E-state index is 13.2. The van der Waals surface area contributed by atoms with Crippen molar-refractivity contribution in [3.05, 3.63) is 76.6 Å². The van der Waals surface area contributed by atoms with Crippen molar-refractivity contribution >= 4 is 29.3 Å². The van der Waals surface area contributed by atoms with Gasteiger partial charge in [-0.2, -0.15) is 0 Å². The third kappa shape index (κ3) is 8.27. The largest absolute Gasteiger partial charge is 0.492 e. The molecule has 0 unspecified atom stereocenters. The molecule has 0 aliphatic carbocycles. The van der Waals surface area contributed by atoms with E-state index in [0.717, 1.165) is 5.56 Å². The summed E-state index contributed by atoms with van der Waals surface area (Å²) in [5.41, 5.74) is 1.86. The SMILES string of the molecule is COCC(=O)N1CCCNC(=O)[C@H](Cc2ccccc2)NC(=O)c2ccc(c(Cl)c2)OCCCn2cc(nn2)C1. The van der Waals surface area contributed by atoms with Crippen LogP contribution in [-0.4, -0.2) is 77.1 Å². The molecule has 3 amide bonds. The number of aryl methyl sites for hydroxylation is 1. The van der Waals surface area contributed by atoms with Gasteiger partial charge in [0.2, 0.25) is 11.8 Å². The third-order valence-electron chi connectivity index (χ3n) is 6.35. The van der Waals surface area contributed by atoms with E-state index in [1.54, 1.807) is 27.9 Å². The monoisotopic (exact) mass is 568 g/mol. The van der Waals surface area contributed by atoms with Crippen LogP contribution in [0.15, 0.2) is 54.7 Å². The first-order valence-corrected chi connectivity index (χ1v) is 13.5.